The second-order valence-electron chi connectivity index (χ2n) is 6.25. The number of fused-ring (bicyclic) bond motifs is 1. The van der Waals surface area contributed by atoms with Crippen LogP contribution in [0.3, 0.4) is 0 Å². The molecular formula is C18H20N4O. The molecule has 2 aromatic heterocycles. The monoisotopic (exact) mass is 308 g/mol. The van der Waals surface area contributed by atoms with Crippen LogP contribution in [-0.4, -0.2) is 38.7 Å². The summed E-state index contributed by atoms with van der Waals surface area (Å²) in [4.78, 5) is 18.1. The number of likely N-dealkylation sites (tertiary alicyclic amines) is 1. The summed E-state index contributed by atoms with van der Waals surface area (Å²) in [5.41, 5.74) is 2.86. The molecule has 1 aliphatic rings. The Morgan fingerprint density at radius 3 is 3.00 bits per heavy atom. The van der Waals surface area contributed by atoms with E-state index in [1.807, 2.05) is 53.3 Å². The summed E-state index contributed by atoms with van der Waals surface area (Å²) >= 11 is 0. The number of nitrogens with one attached hydrogen (secondary N) is 1. The average Bonchev–Trinajstić information content (AvgIpc) is 3.20. The minimum Gasteiger partial charge on any atom is -0.360 e. The quantitative estimate of drug-likeness (QED) is 0.791. The SMILES string of the molecule is Cn1ccc([C@H]2CCCN(C(=O)c3c[nH]c4ccccc34)C2)n1. The van der Waals surface area contributed by atoms with Gasteiger partial charge in [-0.1, -0.05) is 18.2 Å². The third-order valence-electron chi connectivity index (χ3n) is 4.68. The lowest BCUT2D eigenvalue weighted by atomic mass is 9.94. The number of piperidine rings is 1. The van der Waals surface area contributed by atoms with Crippen LogP contribution in [0.25, 0.3) is 10.9 Å². The molecule has 1 atom stereocenters. The van der Waals surface area contributed by atoms with Crippen molar-refractivity contribution in [2.45, 2.75) is 18.8 Å². The van der Waals surface area contributed by atoms with Gasteiger partial charge in [0.1, 0.15) is 0 Å². The van der Waals surface area contributed by atoms with E-state index in [1.54, 1.807) is 0 Å². The molecule has 1 saturated heterocycles. The van der Waals surface area contributed by atoms with Gasteiger partial charge in [-0.3, -0.25) is 9.48 Å². The summed E-state index contributed by atoms with van der Waals surface area (Å²) < 4.78 is 1.83. The van der Waals surface area contributed by atoms with Gasteiger partial charge >= 0.3 is 0 Å². The second kappa shape index (κ2) is 5.57. The van der Waals surface area contributed by atoms with Gasteiger partial charge in [-0.05, 0) is 25.0 Å². The molecule has 0 aliphatic carbocycles. The van der Waals surface area contributed by atoms with E-state index >= 15 is 0 Å². The van der Waals surface area contributed by atoms with Gasteiger partial charge in [-0.25, -0.2) is 0 Å². The fourth-order valence-electron chi connectivity index (χ4n) is 3.47. The van der Waals surface area contributed by atoms with Gasteiger partial charge in [0.25, 0.3) is 5.91 Å². The molecule has 1 fully saturated rings. The summed E-state index contributed by atoms with van der Waals surface area (Å²) in [7, 11) is 1.93. The number of hydrogen-bond donors (Lipinski definition) is 1. The normalized spacial score (nSPS) is 18.5. The maximum absolute atomic E-state index is 12.9. The zero-order valence-corrected chi connectivity index (χ0v) is 13.2. The van der Waals surface area contributed by atoms with Crippen molar-refractivity contribution in [1.82, 2.24) is 19.7 Å². The number of aryl methyl sites for hydroxylation is 1. The van der Waals surface area contributed by atoms with E-state index in [0.717, 1.165) is 48.1 Å². The molecule has 1 aliphatic heterocycles. The maximum Gasteiger partial charge on any atom is 0.256 e. The third-order valence-corrected chi connectivity index (χ3v) is 4.68. The van der Waals surface area contributed by atoms with Gasteiger partial charge < -0.3 is 9.88 Å². The summed E-state index contributed by atoms with van der Waals surface area (Å²) in [5, 5.41) is 5.51. The first-order valence-corrected chi connectivity index (χ1v) is 8.07. The van der Waals surface area contributed by atoms with Crippen LogP contribution in [0.4, 0.5) is 0 Å². The van der Waals surface area contributed by atoms with E-state index in [-0.39, 0.29) is 5.91 Å². The lowest BCUT2D eigenvalue weighted by Gasteiger charge is -2.32. The van der Waals surface area contributed by atoms with Gasteiger partial charge in [0.15, 0.2) is 0 Å². The molecule has 1 amide bonds. The summed E-state index contributed by atoms with van der Waals surface area (Å²) in [6, 6.07) is 10.0. The van der Waals surface area contributed by atoms with Crippen LogP contribution >= 0.6 is 0 Å². The molecule has 1 N–H and O–H groups in total. The Morgan fingerprint density at radius 2 is 2.17 bits per heavy atom. The van der Waals surface area contributed by atoms with Crippen LogP contribution in [0.5, 0.6) is 0 Å². The zero-order chi connectivity index (χ0) is 15.8. The average molecular weight is 308 g/mol. The summed E-state index contributed by atoms with van der Waals surface area (Å²) in [5.74, 6) is 0.446. The van der Waals surface area contributed by atoms with Gasteiger partial charge in [-0.2, -0.15) is 5.10 Å². The number of amides is 1. The molecule has 5 heteroatoms. The van der Waals surface area contributed by atoms with E-state index < -0.39 is 0 Å². The number of carbonyl (C=O) groups excluding carboxylic acids is 1. The summed E-state index contributed by atoms with van der Waals surface area (Å²) in [6.07, 6.45) is 5.91. The first kappa shape index (κ1) is 14.1. The Balaban J connectivity index is 1.58. The van der Waals surface area contributed by atoms with Crippen LogP contribution in [0, 0.1) is 0 Å². The van der Waals surface area contributed by atoms with Crippen molar-refractivity contribution in [3.05, 3.63) is 54.0 Å². The van der Waals surface area contributed by atoms with Crippen molar-refractivity contribution in [1.29, 1.82) is 0 Å². The molecule has 4 rings (SSSR count). The van der Waals surface area contributed by atoms with Crippen LogP contribution in [0.1, 0.15) is 34.8 Å². The van der Waals surface area contributed by atoms with E-state index in [0.29, 0.717) is 5.92 Å². The minimum atomic E-state index is 0.114. The van der Waals surface area contributed by atoms with Crippen LogP contribution in [0.15, 0.2) is 42.7 Å². The van der Waals surface area contributed by atoms with Gasteiger partial charge in [0.05, 0.1) is 11.3 Å². The first-order chi connectivity index (χ1) is 11.2. The minimum absolute atomic E-state index is 0.114. The Labute approximate surface area is 134 Å². The maximum atomic E-state index is 12.9. The molecule has 1 aromatic carbocycles. The molecule has 0 unspecified atom stereocenters. The highest BCUT2D eigenvalue weighted by Crippen LogP contribution is 2.28. The smallest absolute Gasteiger partial charge is 0.256 e. The first-order valence-electron chi connectivity index (χ1n) is 8.07. The predicted molar refractivity (Wildman–Crippen MR) is 89.4 cm³/mol. The number of aromatic amines is 1. The predicted octanol–water partition coefficient (Wildman–Crippen LogP) is 2.92. The van der Waals surface area contributed by atoms with Crippen molar-refractivity contribution in [2.24, 2.45) is 7.05 Å². The van der Waals surface area contributed by atoms with Crippen molar-refractivity contribution in [2.75, 3.05) is 13.1 Å². The molecule has 3 heterocycles. The Morgan fingerprint density at radius 1 is 1.30 bits per heavy atom. The van der Waals surface area contributed by atoms with Crippen molar-refractivity contribution in [3.8, 4) is 0 Å². The van der Waals surface area contributed by atoms with Gasteiger partial charge in [0, 0.05) is 49.4 Å². The molecule has 0 radical (unpaired) electrons. The molecule has 5 nitrogen and oxygen atoms in total. The highest BCUT2D eigenvalue weighted by Gasteiger charge is 2.27. The van der Waals surface area contributed by atoms with Gasteiger partial charge in [0.2, 0.25) is 0 Å². The second-order valence-corrected chi connectivity index (χ2v) is 6.25. The van der Waals surface area contributed by atoms with E-state index in [1.165, 1.54) is 0 Å². The number of hydrogen-bond acceptors (Lipinski definition) is 2. The number of para-hydroxylation sites is 1. The molecule has 0 bridgehead atoms. The Hall–Kier alpha value is -2.56. The fourth-order valence-corrected chi connectivity index (χ4v) is 3.47. The largest absolute Gasteiger partial charge is 0.360 e. The summed E-state index contributed by atoms with van der Waals surface area (Å²) in [6.45, 7) is 1.57. The van der Waals surface area contributed by atoms with Gasteiger partial charge in [-0.15, -0.1) is 0 Å². The van der Waals surface area contributed by atoms with Crippen molar-refractivity contribution in [3.63, 3.8) is 0 Å². The lowest BCUT2D eigenvalue weighted by molar-refractivity contribution is 0.0708. The lowest BCUT2D eigenvalue weighted by Crippen LogP contribution is -2.39. The number of benzene rings is 1. The highest BCUT2D eigenvalue weighted by molar-refractivity contribution is 6.06. The third kappa shape index (κ3) is 2.52. The Bertz CT molecular complexity index is 847. The fraction of sp³-hybridized carbons (Fsp3) is 0.333. The van der Waals surface area contributed by atoms with Crippen molar-refractivity contribution < 1.29 is 4.79 Å². The molecule has 0 saturated carbocycles. The van der Waals surface area contributed by atoms with E-state index in [4.69, 9.17) is 0 Å². The zero-order valence-electron chi connectivity index (χ0n) is 13.2. The molecular weight excluding hydrogens is 288 g/mol. The standard InChI is InChI=1S/C18H20N4O/c1-21-10-8-16(20-21)13-5-4-9-22(12-13)18(23)15-11-19-17-7-3-2-6-14(15)17/h2-3,6-8,10-11,13,19H,4-5,9,12H2,1H3/t13-/m0/s1. The van der Waals surface area contributed by atoms with Crippen LogP contribution in [-0.2, 0) is 7.05 Å². The number of aromatic nitrogens is 3. The number of carbonyl (C=O) groups is 1. The molecule has 0 spiro atoms. The topological polar surface area (TPSA) is 53.9 Å². The molecule has 118 valence electrons. The van der Waals surface area contributed by atoms with Crippen LogP contribution in [0.2, 0.25) is 0 Å². The van der Waals surface area contributed by atoms with E-state index in [2.05, 4.69) is 16.1 Å². The number of rotatable bonds is 2. The number of nitrogens with zero attached hydrogens (tertiary/aromatic N) is 3. The number of H-pyrrole nitrogens is 1. The van der Waals surface area contributed by atoms with Crippen molar-refractivity contribution >= 4 is 16.8 Å². The Kier molecular flexibility index (Phi) is 3.41. The molecule has 23 heavy (non-hydrogen) atoms. The van der Waals surface area contributed by atoms with E-state index in [9.17, 15) is 4.79 Å². The molecule has 3 aromatic rings. The van der Waals surface area contributed by atoms with Crippen LogP contribution < -0.4 is 0 Å². The highest BCUT2D eigenvalue weighted by atomic mass is 16.2.